The molecule has 3 aromatic rings. The van der Waals surface area contributed by atoms with E-state index in [-0.39, 0.29) is 24.3 Å². The standard InChI is InChI=1S/C24H22N2O2S/c27-23(16-22-24(28)26-19-13-7-8-14-21(19)29-22)25-20(18-11-5-2-6-12-18)15-17-9-3-1-4-10-17/h1-14,20,22H,15-16H2,(H,25,27)(H,26,28)/t20-,22-/m1/s1. The summed E-state index contributed by atoms with van der Waals surface area (Å²) in [6, 6.07) is 27.6. The molecule has 0 saturated carbocycles. The quantitative estimate of drug-likeness (QED) is 0.634. The second-order valence-electron chi connectivity index (χ2n) is 7.02. The van der Waals surface area contributed by atoms with Gasteiger partial charge in [-0.1, -0.05) is 72.8 Å². The Kier molecular flexibility index (Phi) is 5.96. The van der Waals surface area contributed by atoms with Crippen molar-refractivity contribution in [2.24, 2.45) is 0 Å². The van der Waals surface area contributed by atoms with E-state index in [1.807, 2.05) is 72.8 Å². The summed E-state index contributed by atoms with van der Waals surface area (Å²) in [7, 11) is 0. The van der Waals surface area contributed by atoms with Gasteiger partial charge in [0.1, 0.15) is 0 Å². The van der Waals surface area contributed by atoms with Crippen molar-refractivity contribution in [3.8, 4) is 0 Å². The molecule has 146 valence electrons. The molecular weight excluding hydrogens is 380 g/mol. The number of anilines is 1. The van der Waals surface area contributed by atoms with Crippen LogP contribution >= 0.6 is 11.8 Å². The van der Waals surface area contributed by atoms with Gasteiger partial charge in [0.25, 0.3) is 0 Å². The maximum Gasteiger partial charge on any atom is 0.238 e. The van der Waals surface area contributed by atoms with E-state index in [1.54, 1.807) is 0 Å². The number of hydrogen-bond acceptors (Lipinski definition) is 3. The average Bonchev–Trinajstić information content (AvgIpc) is 2.75. The third-order valence-electron chi connectivity index (χ3n) is 4.90. The van der Waals surface area contributed by atoms with Crippen LogP contribution in [0.5, 0.6) is 0 Å². The maximum absolute atomic E-state index is 12.8. The molecule has 5 heteroatoms. The lowest BCUT2D eigenvalue weighted by Gasteiger charge is -2.25. The highest BCUT2D eigenvalue weighted by Gasteiger charge is 2.29. The number of carbonyl (C=O) groups excluding carboxylic acids is 2. The predicted molar refractivity (Wildman–Crippen MR) is 117 cm³/mol. The normalized spacial score (nSPS) is 16.4. The van der Waals surface area contributed by atoms with Crippen LogP contribution in [-0.4, -0.2) is 17.1 Å². The van der Waals surface area contributed by atoms with E-state index in [0.717, 1.165) is 21.7 Å². The molecule has 2 amide bonds. The molecule has 0 spiro atoms. The first-order valence-corrected chi connectivity index (χ1v) is 10.5. The number of amides is 2. The third kappa shape index (κ3) is 4.87. The molecule has 1 aliphatic heterocycles. The summed E-state index contributed by atoms with van der Waals surface area (Å²) in [5.41, 5.74) is 3.02. The van der Waals surface area contributed by atoms with Gasteiger partial charge in [-0.2, -0.15) is 0 Å². The summed E-state index contributed by atoms with van der Waals surface area (Å²) in [5.74, 6) is -0.245. The van der Waals surface area contributed by atoms with Crippen molar-refractivity contribution in [2.45, 2.75) is 29.0 Å². The predicted octanol–water partition coefficient (Wildman–Crippen LogP) is 4.59. The largest absolute Gasteiger partial charge is 0.349 e. The molecular formula is C24H22N2O2S. The molecule has 0 saturated heterocycles. The molecule has 0 radical (unpaired) electrons. The molecule has 2 N–H and O–H groups in total. The molecule has 0 aromatic heterocycles. The zero-order chi connectivity index (χ0) is 20.1. The Morgan fingerprint density at radius 1 is 0.931 bits per heavy atom. The van der Waals surface area contributed by atoms with Gasteiger partial charge in [0.2, 0.25) is 11.8 Å². The van der Waals surface area contributed by atoms with Gasteiger partial charge in [0.15, 0.2) is 0 Å². The highest BCUT2D eigenvalue weighted by molar-refractivity contribution is 8.01. The molecule has 4 rings (SSSR count). The van der Waals surface area contributed by atoms with Gasteiger partial charge < -0.3 is 10.6 Å². The van der Waals surface area contributed by atoms with E-state index in [1.165, 1.54) is 11.8 Å². The van der Waals surface area contributed by atoms with Crippen LogP contribution in [0.1, 0.15) is 23.6 Å². The molecule has 1 heterocycles. The Morgan fingerprint density at radius 3 is 2.34 bits per heavy atom. The number of para-hydroxylation sites is 1. The fraction of sp³-hybridized carbons (Fsp3) is 0.167. The second-order valence-corrected chi connectivity index (χ2v) is 8.26. The molecule has 1 aliphatic rings. The Labute approximate surface area is 174 Å². The number of benzene rings is 3. The van der Waals surface area contributed by atoms with Gasteiger partial charge in [-0.15, -0.1) is 11.8 Å². The molecule has 0 unspecified atom stereocenters. The minimum atomic E-state index is -0.432. The van der Waals surface area contributed by atoms with E-state index in [2.05, 4.69) is 22.8 Å². The minimum Gasteiger partial charge on any atom is -0.349 e. The molecule has 0 fully saturated rings. The van der Waals surface area contributed by atoms with Crippen molar-refractivity contribution in [3.05, 3.63) is 96.1 Å². The van der Waals surface area contributed by atoms with Gasteiger partial charge >= 0.3 is 0 Å². The number of rotatable bonds is 6. The summed E-state index contributed by atoms with van der Waals surface area (Å²) in [5, 5.41) is 5.61. The first-order chi connectivity index (χ1) is 14.2. The monoisotopic (exact) mass is 402 g/mol. The van der Waals surface area contributed by atoms with E-state index in [4.69, 9.17) is 0 Å². The van der Waals surface area contributed by atoms with Crippen LogP contribution in [0.3, 0.4) is 0 Å². The molecule has 29 heavy (non-hydrogen) atoms. The zero-order valence-corrected chi connectivity index (χ0v) is 16.7. The minimum absolute atomic E-state index is 0.122. The average molecular weight is 403 g/mol. The SMILES string of the molecule is O=C(C[C@H]1Sc2ccccc2NC1=O)N[C@H](Cc1ccccc1)c1ccccc1. The topological polar surface area (TPSA) is 58.2 Å². The number of hydrogen-bond donors (Lipinski definition) is 2. The Morgan fingerprint density at radius 2 is 1.59 bits per heavy atom. The number of thioether (sulfide) groups is 1. The number of nitrogens with one attached hydrogen (secondary N) is 2. The van der Waals surface area contributed by atoms with Gasteiger partial charge in [0, 0.05) is 11.3 Å². The smallest absolute Gasteiger partial charge is 0.238 e. The number of fused-ring (bicyclic) bond motifs is 1. The summed E-state index contributed by atoms with van der Waals surface area (Å²) in [6.45, 7) is 0. The number of carbonyl (C=O) groups is 2. The van der Waals surface area contributed by atoms with Crippen molar-refractivity contribution in [1.29, 1.82) is 0 Å². The van der Waals surface area contributed by atoms with Crippen molar-refractivity contribution in [3.63, 3.8) is 0 Å². The van der Waals surface area contributed by atoms with E-state index < -0.39 is 5.25 Å². The fourth-order valence-electron chi connectivity index (χ4n) is 3.44. The summed E-state index contributed by atoms with van der Waals surface area (Å²) < 4.78 is 0. The third-order valence-corrected chi connectivity index (χ3v) is 6.17. The molecule has 0 bridgehead atoms. The van der Waals surface area contributed by atoms with Crippen LogP contribution in [0.15, 0.2) is 89.8 Å². The maximum atomic E-state index is 12.8. The summed E-state index contributed by atoms with van der Waals surface area (Å²) in [6.07, 6.45) is 0.840. The molecule has 2 atom stereocenters. The van der Waals surface area contributed by atoms with Gasteiger partial charge in [-0.25, -0.2) is 0 Å². The lowest BCUT2D eigenvalue weighted by Crippen LogP contribution is -2.36. The van der Waals surface area contributed by atoms with Gasteiger partial charge in [0.05, 0.1) is 17.0 Å². The zero-order valence-electron chi connectivity index (χ0n) is 15.9. The lowest BCUT2D eigenvalue weighted by molar-refractivity contribution is -0.124. The fourth-order valence-corrected chi connectivity index (χ4v) is 4.55. The first-order valence-electron chi connectivity index (χ1n) is 9.64. The van der Waals surface area contributed by atoms with Crippen LogP contribution in [0.2, 0.25) is 0 Å². The Bertz CT molecular complexity index is 992. The van der Waals surface area contributed by atoms with Crippen LogP contribution in [0.4, 0.5) is 5.69 Å². The molecule has 0 aliphatic carbocycles. The summed E-state index contributed by atoms with van der Waals surface area (Å²) >= 11 is 1.45. The Balaban J connectivity index is 1.46. The first kappa shape index (κ1) is 19.3. The van der Waals surface area contributed by atoms with E-state index in [0.29, 0.717) is 6.42 Å². The van der Waals surface area contributed by atoms with Crippen LogP contribution in [0.25, 0.3) is 0 Å². The van der Waals surface area contributed by atoms with Crippen molar-refractivity contribution >= 4 is 29.3 Å². The van der Waals surface area contributed by atoms with Crippen molar-refractivity contribution in [2.75, 3.05) is 5.32 Å². The van der Waals surface area contributed by atoms with E-state index >= 15 is 0 Å². The second kappa shape index (κ2) is 8.97. The summed E-state index contributed by atoms with van der Waals surface area (Å²) in [4.78, 5) is 26.3. The molecule has 4 nitrogen and oxygen atoms in total. The lowest BCUT2D eigenvalue weighted by atomic mass is 9.98. The van der Waals surface area contributed by atoms with Crippen LogP contribution in [-0.2, 0) is 16.0 Å². The molecule has 3 aromatic carbocycles. The van der Waals surface area contributed by atoms with Crippen molar-refractivity contribution in [1.82, 2.24) is 5.32 Å². The highest BCUT2D eigenvalue weighted by atomic mass is 32.2. The van der Waals surface area contributed by atoms with Crippen LogP contribution in [0, 0.1) is 0 Å². The van der Waals surface area contributed by atoms with Gasteiger partial charge in [-0.05, 0) is 29.7 Å². The van der Waals surface area contributed by atoms with Gasteiger partial charge in [-0.3, -0.25) is 9.59 Å². The Hall–Kier alpha value is -3.05. The van der Waals surface area contributed by atoms with Crippen molar-refractivity contribution < 1.29 is 9.59 Å². The van der Waals surface area contributed by atoms with Crippen LogP contribution < -0.4 is 10.6 Å². The van der Waals surface area contributed by atoms with E-state index in [9.17, 15) is 9.59 Å². The highest BCUT2D eigenvalue weighted by Crippen LogP contribution is 2.36.